The summed E-state index contributed by atoms with van der Waals surface area (Å²) in [6.45, 7) is 2.91. The zero-order valence-electron chi connectivity index (χ0n) is 13.9. The van der Waals surface area contributed by atoms with Crippen LogP contribution in [-0.4, -0.2) is 23.3 Å². The summed E-state index contributed by atoms with van der Waals surface area (Å²) in [5.74, 6) is -0.781. The summed E-state index contributed by atoms with van der Waals surface area (Å²) >= 11 is 3.45. The predicted octanol–water partition coefficient (Wildman–Crippen LogP) is 3.07. The van der Waals surface area contributed by atoms with Crippen LogP contribution < -0.4 is 5.32 Å². The van der Waals surface area contributed by atoms with E-state index in [9.17, 15) is 9.59 Å². The molecule has 2 aliphatic rings. The topological polar surface area (TPSA) is 49.4 Å². The van der Waals surface area contributed by atoms with Gasteiger partial charge in [0.05, 0.1) is 23.9 Å². The lowest BCUT2D eigenvalue weighted by atomic mass is 9.78. The first-order valence-electron chi connectivity index (χ1n) is 8.41. The highest BCUT2D eigenvalue weighted by atomic mass is 79.9. The fourth-order valence-corrected chi connectivity index (χ4v) is 4.34. The molecule has 128 valence electrons. The van der Waals surface area contributed by atoms with Crippen molar-refractivity contribution in [3.8, 4) is 0 Å². The molecule has 0 unspecified atom stereocenters. The van der Waals surface area contributed by atoms with Crippen LogP contribution in [0.15, 0.2) is 59.1 Å². The summed E-state index contributed by atoms with van der Waals surface area (Å²) in [7, 11) is 0. The lowest BCUT2D eigenvalue weighted by Crippen LogP contribution is -2.44. The average Bonchev–Trinajstić information content (AvgIpc) is 3.09. The second-order valence-electron chi connectivity index (χ2n) is 6.92. The van der Waals surface area contributed by atoms with Crippen LogP contribution in [0.2, 0.25) is 0 Å². The van der Waals surface area contributed by atoms with Crippen molar-refractivity contribution in [2.45, 2.75) is 19.0 Å². The van der Waals surface area contributed by atoms with Gasteiger partial charge in [0.1, 0.15) is 0 Å². The molecule has 2 amide bonds. The standard InChI is InChI=1S/C20H19BrN2O2/c1-20(14-7-9-15(21)10-8-14)17-16(11-22-20)18(24)23(19(17)25)12-13-5-3-2-4-6-13/h2-10,16-17,22H,11-12H2,1H3/t16-,17+,20+/m1/s1. The minimum atomic E-state index is -0.524. The normalized spacial score (nSPS) is 28.5. The van der Waals surface area contributed by atoms with E-state index in [1.54, 1.807) is 0 Å². The summed E-state index contributed by atoms with van der Waals surface area (Å²) in [6, 6.07) is 17.6. The number of halogens is 1. The third kappa shape index (κ3) is 2.62. The number of rotatable bonds is 3. The van der Waals surface area contributed by atoms with Gasteiger partial charge in [-0.05, 0) is 30.2 Å². The fourth-order valence-electron chi connectivity index (χ4n) is 4.08. The zero-order chi connectivity index (χ0) is 17.6. The monoisotopic (exact) mass is 398 g/mol. The number of benzene rings is 2. The van der Waals surface area contributed by atoms with E-state index in [-0.39, 0.29) is 23.7 Å². The summed E-state index contributed by atoms with van der Waals surface area (Å²) < 4.78 is 0.994. The van der Waals surface area contributed by atoms with Crippen LogP contribution >= 0.6 is 15.9 Å². The quantitative estimate of drug-likeness (QED) is 0.808. The molecule has 5 heteroatoms. The van der Waals surface area contributed by atoms with Crippen molar-refractivity contribution >= 4 is 27.7 Å². The predicted molar refractivity (Wildman–Crippen MR) is 98.5 cm³/mol. The third-order valence-electron chi connectivity index (χ3n) is 5.46. The smallest absolute Gasteiger partial charge is 0.235 e. The molecule has 0 bridgehead atoms. The number of carbonyl (C=O) groups is 2. The molecule has 4 nitrogen and oxygen atoms in total. The molecule has 0 spiro atoms. The molecule has 2 fully saturated rings. The van der Waals surface area contributed by atoms with E-state index < -0.39 is 5.54 Å². The van der Waals surface area contributed by atoms with Gasteiger partial charge in [-0.15, -0.1) is 0 Å². The Morgan fingerprint density at radius 2 is 1.76 bits per heavy atom. The Bertz CT molecular complexity index is 821. The molecule has 2 aliphatic heterocycles. The van der Waals surface area contributed by atoms with E-state index in [4.69, 9.17) is 0 Å². The van der Waals surface area contributed by atoms with Gasteiger partial charge in [0.25, 0.3) is 0 Å². The molecule has 0 aromatic heterocycles. The van der Waals surface area contributed by atoms with Gasteiger partial charge >= 0.3 is 0 Å². The van der Waals surface area contributed by atoms with Crippen LogP contribution in [0.1, 0.15) is 18.1 Å². The number of fused-ring (bicyclic) bond motifs is 1. The van der Waals surface area contributed by atoms with Gasteiger partial charge < -0.3 is 5.32 Å². The minimum absolute atomic E-state index is 0.0628. The molecule has 2 aromatic carbocycles. The van der Waals surface area contributed by atoms with Gasteiger partial charge in [-0.1, -0.05) is 58.4 Å². The van der Waals surface area contributed by atoms with Gasteiger partial charge in [-0.2, -0.15) is 0 Å². The van der Waals surface area contributed by atoms with E-state index in [1.807, 2.05) is 61.5 Å². The number of nitrogens with one attached hydrogen (secondary N) is 1. The molecule has 4 rings (SSSR count). The molecule has 2 heterocycles. The molecule has 0 aliphatic carbocycles. The van der Waals surface area contributed by atoms with Gasteiger partial charge in [-0.3, -0.25) is 14.5 Å². The van der Waals surface area contributed by atoms with E-state index in [0.717, 1.165) is 15.6 Å². The van der Waals surface area contributed by atoms with Crippen molar-refractivity contribution in [3.63, 3.8) is 0 Å². The number of amides is 2. The number of hydrogen-bond donors (Lipinski definition) is 1. The maximum absolute atomic E-state index is 13.1. The molecule has 2 saturated heterocycles. The molecule has 2 aromatic rings. The van der Waals surface area contributed by atoms with Crippen LogP contribution in [-0.2, 0) is 21.7 Å². The Morgan fingerprint density at radius 3 is 2.44 bits per heavy atom. The Balaban J connectivity index is 1.65. The van der Waals surface area contributed by atoms with Crippen LogP contribution in [0.4, 0.5) is 0 Å². The molecule has 3 atom stereocenters. The summed E-state index contributed by atoms with van der Waals surface area (Å²) in [5, 5.41) is 3.43. The highest BCUT2D eigenvalue weighted by molar-refractivity contribution is 9.10. The zero-order valence-corrected chi connectivity index (χ0v) is 15.5. The fraction of sp³-hybridized carbons (Fsp3) is 0.300. The third-order valence-corrected chi connectivity index (χ3v) is 5.98. The van der Waals surface area contributed by atoms with Gasteiger partial charge in [0.15, 0.2) is 0 Å². The molecular weight excluding hydrogens is 380 g/mol. The van der Waals surface area contributed by atoms with Crippen molar-refractivity contribution in [1.29, 1.82) is 0 Å². The minimum Gasteiger partial charge on any atom is -0.306 e. The SMILES string of the molecule is C[C@@]1(c2ccc(Br)cc2)NC[C@H]2C(=O)N(Cc3ccccc3)C(=O)[C@H]21. The van der Waals surface area contributed by atoms with Crippen molar-refractivity contribution in [3.05, 3.63) is 70.2 Å². The Labute approximate surface area is 155 Å². The second-order valence-corrected chi connectivity index (χ2v) is 7.84. The van der Waals surface area contributed by atoms with Crippen LogP contribution in [0.3, 0.4) is 0 Å². The molecule has 1 N–H and O–H groups in total. The molecular formula is C20H19BrN2O2. The average molecular weight is 399 g/mol. The molecule has 0 radical (unpaired) electrons. The Hall–Kier alpha value is -1.98. The summed E-state index contributed by atoms with van der Waals surface area (Å²) in [5.41, 5.74) is 1.48. The second kappa shape index (κ2) is 6.07. The first kappa shape index (κ1) is 16.5. The van der Waals surface area contributed by atoms with Crippen LogP contribution in [0.25, 0.3) is 0 Å². The lowest BCUT2D eigenvalue weighted by molar-refractivity contribution is -0.141. The molecule has 25 heavy (non-hydrogen) atoms. The van der Waals surface area contributed by atoms with Crippen LogP contribution in [0, 0.1) is 11.8 Å². The Kier molecular flexibility index (Phi) is 4.01. The van der Waals surface area contributed by atoms with Crippen molar-refractivity contribution in [2.75, 3.05) is 6.54 Å². The van der Waals surface area contributed by atoms with Gasteiger partial charge in [0, 0.05) is 11.0 Å². The van der Waals surface area contributed by atoms with Crippen molar-refractivity contribution < 1.29 is 9.59 Å². The van der Waals surface area contributed by atoms with E-state index in [2.05, 4.69) is 21.2 Å². The first-order valence-corrected chi connectivity index (χ1v) is 9.20. The van der Waals surface area contributed by atoms with E-state index in [1.165, 1.54) is 4.90 Å². The summed E-state index contributed by atoms with van der Waals surface area (Å²) in [4.78, 5) is 27.4. The summed E-state index contributed by atoms with van der Waals surface area (Å²) in [6.07, 6.45) is 0. The number of nitrogens with zero attached hydrogens (tertiary/aromatic N) is 1. The highest BCUT2D eigenvalue weighted by Gasteiger charge is 2.59. The number of imide groups is 1. The highest BCUT2D eigenvalue weighted by Crippen LogP contribution is 2.45. The number of likely N-dealkylation sites (tertiary alicyclic amines) is 1. The largest absolute Gasteiger partial charge is 0.306 e. The number of hydrogen-bond acceptors (Lipinski definition) is 3. The maximum Gasteiger partial charge on any atom is 0.235 e. The van der Waals surface area contributed by atoms with Crippen molar-refractivity contribution in [2.24, 2.45) is 11.8 Å². The van der Waals surface area contributed by atoms with Crippen LogP contribution in [0.5, 0.6) is 0 Å². The molecule has 0 saturated carbocycles. The van der Waals surface area contributed by atoms with Gasteiger partial charge in [0.2, 0.25) is 11.8 Å². The Morgan fingerprint density at radius 1 is 1.08 bits per heavy atom. The maximum atomic E-state index is 13.1. The number of carbonyl (C=O) groups excluding carboxylic acids is 2. The van der Waals surface area contributed by atoms with Gasteiger partial charge in [-0.25, -0.2) is 0 Å². The van der Waals surface area contributed by atoms with Crippen molar-refractivity contribution in [1.82, 2.24) is 10.2 Å². The lowest BCUT2D eigenvalue weighted by Gasteiger charge is -2.31. The van der Waals surface area contributed by atoms with E-state index >= 15 is 0 Å². The van der Waals surface area contributed by atoms with E-state index in [0.29, 0.717) is 13.1 Å². The first-order chi connectivity index (χ1) is 12.0.